The van der Waals surface area contributed by atoms with Gasteiger partial charge in [0.1, 0.15) is 0 Å². The van der Waals surface area contributed by atoms with Gasteiger partial charge in [0.25, 0.3) is 0 Å². The van der Waals surface area contributed by atoms with E-state index in [-0.39, 0.29) is 18.5 Å². The molecule has 0 aromatic heterocycles. The number of nitrogens with zero attached hydrogens (tertiary/aromatic N) is 3. The number of nitrogens with one attached hydrogen (secondary N) is 2. The van der Waals surface area contributed by atoms with E-state index in [4.69, 9.17) is 5.26 Å². The van der Waals surface area contributed by atoms with E-state index in [9.17, 15) is 14.8 Å². The predicted octanol–water partition coefficient (Wildman–Crippen LogP) is 0.803. The smallest absolute Gasteiger partial charge is 0.320 e. The summed E-state index contributed by atoms with van der Waals surface area (Å²) in [4.78, 5) is 28.7. The van der Waals surface area contributed by atoms with Crippen LogP contribution in [0.2, 0.25) is 0 Å². The Morgan fingerprint density at radius 3 is 2.63 bits per heavy atom. The number of likely N-dealkylation sites (tertiary alicyclic amines) is 1. The summed E-state index contributed by atoms with van der Waals surface area (Å²) in [5.74, 6) is -1.14. The Labute approximate surface area is 158 Å². The maximum absolute atomic E-state index is 12.8. The van der Waals surface area contributed by atoms with Crippen molar-refractivity contribution in [3.63, 3.8) is 0 Å². The first-order valence-corrected chi connectivity index (χ1v) is 9.24. The molecule has 3 N–H and O–H groups in total. The van der Waals surface area contributed by atoms with Crippen LogP contribution in [0.3, 0.4) is 0 Å². The zero-order valence-electron chi connectivity index (χ0n) is 15.4. The molecule has 0 aliphatic carbocycles. The number of urea groups is 1. The molecule has 2 fully saturated rings. The lowest BCUT2D eigenvalue weighted by molar-refractivity contribution is -0.135. The molecule has 2 heterocycles. The van der Waals surface area contributed by atoms with Gasteiger partial charge >= 0.3 is 6.03 Å². The fraction of sp³-hybridized carbons (Fsp3) is 0.526. The third-order valence-electron chi connectivity index (χ3n) is 5.52. The number of hydroxylamine groups is 1. The van der Waals surface area contributed by atoms with Crippen LogP contribution in [0, 0.1) is 24.2 Å². The van der Waals surface area contributed by atoms with Crippen molar-refractivity contribution in [2.75, 3.05) is 39.3 Å². The van der Waals surface area contributed by atoms with Gasteiger partial charge in [-0.3, -0.25) is 10.0 Å². The van der Waals surface area contributed by atoms with Gasteiger partial charge in [-0.25, -0.2) is 10.3 Å². The topological polar surface area (TPSA) is 109 Å². The van der Waals surface area contributed by atoms with Gasteiger partial charge < -0.3 is 15.1 Å². The average molecular weight is 371 g/mol. The lowest BCUT2D eigenvalue weighted by atomic mass is 9.78. The Bertz CT molecular complexity index is 754. The molecule has 0 saturated carbocycles. The van der Waals surface area contributed by atoms with Crippen LogP contribution in [0.15, 0.2) is 18.2 Å². The third-order valence-corrected chi connectivity index (χ3v) is 5.52. The number of carbonyl (C=O) groups is 2. The number of benzene rings is 1. The molecule has 1 aromatic carbocycles. The van der Waals surface area contributed by atoms with E-state index in [2.05, 4.69) is 11.4 Å². The van der Waals surface area contributed by atoms with Gasteiger partial charge in [0.15, 0.2) is 0 Å². The Morgan fingerprint density at radius 2 is 2.00 bits per heavy atom. The SMILES string of the molecule is Cc1cc(C#N)ccc1C1CCN(C(=O)N2CCNCC2)CC1C(=O)NO. The first-order chi connectivity index (χ1) is 13.0. The number of rotatable bonds is 2. The molecule has 144 valence electrons. The number of carbonyl (C=O) groups excluding carboxylic acids is 2. The molecule has 1 aromatic rings. The van der Waals surface area contributed by atoms with Crippen LogP contribution in [0.1, 0.15) is 29.0 Å². The summed E-state index contributed by atoms with van der Waals surface area (Å²) in [5, 5.41) is 21.5. The van der Waals surface area contributed by atoms with Crippen LogP contribution >= 0.6 is 0 Å². The first-order valence-electron chi connectivity index (χ1n) is 9.24. The van der Waals surface area contributed by atoms with Crippen LogP contribution < -0.4 is 10.8 Å². The number of hydrogen-bond acceptors (Lipinski definition) is 5. The maximum Gasteiger partial charge on any atom is 0.320 e. The van der Waals surface area contributed by atoms with Crippen molar-refractivity contribution < 1.29 is 14.8 Å². The summed E-state index contributed by atoms with van der Waals surface area (Å²) in [5.41, 5.74) is 4.26. The van der Waals surface area contributed by atoms with Crippen molar-refractivity contribution in [2.24, 2.45) is 5.92 Å². The molecule has 8 nitrogen and oxygen atoms in total. The maximum atomic E-state index is 12.8. The fourth-order valence-electron chi connectivity index (χ4n) is 4.06. The second-order valence-electron chi connectivity index (χ2n) is 7.13. The second-order valence-corrected chi connectivity index (χ2v) is 7.13. The van der Waals surface area contributed by atoms with Gasteiger partial charge in [-0.1, -0.05) is 6.07 Å². The molecule has 0 radical (unpaired) electrons. The molecule has 3 amide bonds. The highest BCUT2D eigenvalue weighted by molar-refractivity contribution is 5.81. The Morgan fingerprint density at radius 1 is 1.26 bits per heavy atom. The van der Waals surface area contributed by atoms with E-state index in [0.29, 0.717) is 31.6 Å². The fourth-order valence-corrected chi connectivity index (χ4v) is 4.06. The van der Waals surface area contributed by atoms with Gasteiger partial charge in [0.2, 0.25) is 5.91 Å². The van der Waals surface area contributed by atoms with Crippen molar-refractivity contribution in [2.45, 2.75) is 19.3 Å². The summed E-state index contributed by atoms with van der Waals surface area (Å²) < 4.78 is 0. The van der Waals surface area contributed by atoms with Crippen LogP contribution in [0.25, 0.3) is 0 Å². The molecular formula is C19H25N5O3. The Hall–Kier alpha value is -2.63. The minimum Gasteiger partial charge on any atom is -0.324 e. The highest BCUT2D eigenvalue weighted by Gasteiger charge is 2.38. The molecule has 0 bridgehead atoms. The number of aryl methyl sites for hydroxylation is 1. The van der Waals surface area contributed by atoms with Gasteiger partial charge in [-0.05, 0) is 42.5 Å². The van der Waals surface area contributed by atoms with Crippen molar-refractivity contribution in [1.82, 2.24) is 20.6 Å². The van der Waals surface area contributed by atoms with Gasteiger partial charge in [0, 0.05) is 39.3 Å². The summed E-state index contributed by atoms with van der Waals surface area (Å²) in [6.07, 6.45) is 0.628. The number of piperazine rings is 1. The van der Waals surface area contributed by atoms with Crippen molar-refractivity contribution in [3.8, 4) is 6.07 Å². The highest BCUT2D eigenvalue weighted by atomic mass is 16.5. The minimum absolute atomic E-state index is 0.0535. The molecule has 0 spiro atoms. The van der Waals surface area contributed by atoms with E-state index in [0.717, 1.165) is 24.2 Å². The van der Waals surface area contributed by atoms with E-state index in [1.807, 2.05) is 19.1 Å². The monoisotopic (exact) mass is 371 g/mol. The highest BCUT2D eigenvalue weighted by Crippen LogP contribution is 2.35. The summed E-state index contributed by atoms with van der Waals surface area (Å²) in [6, 6.07) is 7.50. The molecule has 2 unspecified atom stereocenters. The van der Waals surface area contributed by atoms with Gasteiger partial charge in [0.05, 0.1) is 17.6 Å². The number of piperidine rings is 1. The zero-order chi connectivity index (χ0) is 19.4. The van der Waals surface area contributed by atoms with Crippen LogP contribution in [0.4, 0.5) is 4.79 Å². The Balaban J connectivity index is 1.80. The largest absolute Gasteiger partial charge is 0.324 e. The molecule has 2 aliphatic rings. The quantitative estimate of drug-likeness (QED) is 0.526. The zero-order valence-corrected chi connectivity index (χ0v) is 15.4. The summed E-state index contributed by atoms with van der Waals surface area (Å²) >= 11 is 0. The molecule has 2 aliphatic heterocycles. The number of amides is 3. The number of hydrogen-bond donors (Lipinski definition) is 3. The van der Waals surface area contributed by atoms with E-state index in [1.54, 1.807) is 21.3 Å². The van der Waals surface area contributed by atoms with Crippen LogP contribution in [-0.4, -0.2) is 66.2 Å². The van der Waals surface area contributed by atoms with E-state index >= 15 is 0 Å². The first kappa shape index (κ1) is 19.1. The Kier molecular flexibility index (Phi) is 5.94. The van der Waals surface area contributed by atoms with Crippen LogP contribution in [0.5, 0.6) is 0 Å². The third kappa shape index (κ3) is 4.04. The molecular weight excluding hydrogens is 346 g/mol. The van der Waals surface area contributed by atoms with Gasteiger partial charge in [-0.15, -0.1) is 0 Å². The summed E-state index contributed by atoms with van der Waals surface area (Å²) in [6.45, 7) is 5.60. The second kappa shape index (κ2) is 8.37. The van der Waals surface area contributed by atoms with Gasteiger partial charge in [-0.2, -0.15) is 5.26 Å². The van der Waals surface area contributed by atoms with Crippen molar-refractivity contribution in [1.29, 1.82) is 5.26 Å². The summed E-state index contributed by atoms with van der Waals surface area (Å²) in [7, 11) is 0. The predicted molar refractivity (Wildman–Crippen MR) is 98.1 cm³/mol. The number of nitriles is 1. The van der Waals surface area contributed by atoms with Crippen molar-refractivity contribution >= 4 is 11.9 Å². The standard InChI is InChI=1S/C19H25N5O3/c1-13-10-14(11-20)2-3-15(13)16-4-7-24(12-17(16)18(25)22-27)19(26)23-8-5-21-6-9-23/h2-3,10,16-17,21,27H,4-9,12H2,1H3,(H,22,25). The van der Waals surface area contributed by atoms with E-state index in [1.165, 1.54) is 0 Å². The lowest BCUT2D eigenvalue weighted by Gasteiger charge is -2.41. The molecule has 8 heteroatoms. The van der Waals surface area contributed by atoms with Crippen LogP contribution in [-0.2, 0) is 4.79 Å². The average Bonchev–Trinajstić information content (AvgIpc) is 2.72. The molecule has 27 heavy (non-hydrogen) atoms. The van der Waals surface area contributed by atoms with E-state index < -0.39 is 11.8 Å². The van der Waals surface area contributed by atoms with Crippen molar-refractivity contribution in [3.05, 3.63) is 34.9 Å². The molecule has 3 rings (SSSR count). The molecule has 2 saturated heterocycles. The minimum atomic E-state index is -0.540. The normalized spacial score (nSPS) is 22.9. The lowest BCUT2D eigenvalue weighted by Crippen LogP contribution is -2.55. The molecule has 2 atom stereocenters.